The van der Waals surface area contributed by atoms with Crippen molar-refractivity contribution < 1.29 is 13.9 Å². The molecule has 2 unspecified atom stereocenters. The van der Waals surface area contributed by atoms with E-state index in [0.29, 0.717) is 5.92 Å². The molecule has 2 heterocycles. The highest BCUT2D eigenvalue weighted by molar-refractivity contribution is 5.25. The van der Waals surface area contributed by atoms with E-state index in [0.717, 1.165) is 31.5 Å². The van der Waals surface area contributed by atoms with Crippen LogP contribution in [0.4, 0.5) is 4.39 Å². The van der Waals surface area contributed by atoms with E-state index in [1.165, 1.54) is 12.4 Å². The minimum Gasteiger partial charge on any atom is -0.457 e. The third-order valence-electron chi connectivity index (χ3n) is 4.43. The number of rotatable bonds is 1. The SMILES string of the molecule is Fc1cnc(C23CCC4(CC2C3)OC=CO4)nc1. The van der Waals surface area contributed by atoms with Crippen molar-refractivity contribution in [2.24, 2.45) is 5.92 Å². The fraction of sp³-hybridized carbons (Fsp3) is 0.538. The Morgan fingerprint density at radius 1 is 1.11 bits per heavy atom. The number of hydrogen-bond donors (Lipinski definition) is 0. The molecule has 5 heteroatoms. The molecule has 1 aliphatic heterocycles. The number of nitrogens with zero attached hydrogens (tertiary/aromatic N) is 2. The van der Waals surface area contributed by atoms with E-state index in [-0.39, 0.29) is 11.2 Å². The van der Waals surface area contributed by atoms with Gasteiger partial charge in [0.2, 0.25) is 5.79 Å². The van der Waals surface area contributed by atoms with Crippen molar-refractivity contribution in [3.63, 3.8) is 0 Å². The standard InChI is InChI=1S/C13H13FN2O2/c14-10-7-15-11(16-8-10)12-1-2-13(6-9(12)5-12)17-3-4-18-13/h3-4,7-9H,1-2,5-6H2. The Morgan fingerprint density at radius 3 is 2.50 bits per heavy atom. The lowest BCUT2D eigenvalue weighted by Crippen LogP contribution is -2.37. The molecule has 0 N–H and O–H groups in total. The fourth-order valence-electron chi connectivity index (χ4n) is 3.35. The topological polar surface area (TPSA) is 44.2 Å². The first-order chi connectivity index (χ1) is 8.73. The van der Waals surface area contributed by atoms with Gasteiger partial charge >= 0.3 is 0 Å². The van der Waals surface area contributed by atoms with Crippen LogP contribution in [-0.4, -0.2) is 15.8 Å². The molecular weight excluding hydrogens is 235 g/mol. The van der Waals surface area contributed by atoms with Crippen LogP contribution in [0, 0.1) is 11.7 Å². The van der Waals surface area contributed by atoms with Gasteiger partial charge in [-0.3, -0.25) is 0 Å². The number of ether oxygens (including phenoxy) is 2. The molecule has 1 spiro atoms. The van der Waals surface area contributed by atoms with Crippen LogP contribution in [0.3, 0.4) is 0 Å². The molecule has 2 aliphatic carbocycles. The van der Waals surface area contributed by atoms with Gasteiger partial charge in [0.1, 0.15) is 18.3 Å². The van der Waals surface area contributed by atoms with Gasteiger partial charge in [0, 0.05) is 18.3 Å². The van der Waals surface area contributed by atoms with Crippen molar-refractivity contribution in [1.29, 1.82) is 0 Å². The van der Waals surface area contributed by atoms with Gasteiger partial charge in [-0.25, -0.2) is 14.4 Å². The second kappa shape index (κ2) is 3.22. The lowest BCUT2D eigenvalue weighted by Gasteiger charge is -2.34. The van der Waals surface area contributed by atoms with Crippen LogP contribution in [0.5, 0.6) is 0 Å². The third kappa shape index (κ3) is 1.30. The molecule has 94 valence electrons. The molecule has 2 saturated carbocycles. The van der Waals surface area contributed by atoms with E-state index in [2.05, 4.69) is 9.97 Å². The lowest BCUT2D eigenvalue weighted by atomic mass is 9.84. The third-order valence-corrected chi connectivity index (χ3v) is 4.43. The summed E-state index contributed by atoms with van der Waals surface area (Å²) in [7, 11) is 0. The molecule has 0 aromatic carbocycles. The van der Waals surface area contributed by atoms with Crippen LogP contribution in [0.1, 0.15) is 31.5 Å². The molecule has 3 aliphatic rings. The van der Waals surface area contributed by atoms with Gasteiger partial charge in [-0.1, -0.05) is 0 Å². The second-order valence-electron chi connectivity index (χ2n) is 5.40. The molecule has 4 rings (SSSR count). The van der Waals surface area contributed by atoms with Crippen LogP contribution in [0.2, 0.25) is 0 Å². The van der Waals surface area contributed by atoms with Crippen LogP contribution in [-0.2, 0) is 14.9 Å². The van der Waals surface area contributed by atoms with Gasteiger partial charge in [-0.05, 0) is 18.8 Å². The normalized spacial score (nSPS) is 34.8. The smallest absolute Gasteiger partial charge is 0.250 e. The summed E-state index contributed by atoms with van der Waals surface area (Å²) in [6.45, 7) is 0. The van der Waals surface area contributed by atoms with Crippen molar-refractivity contribution in [3.8, 4) is 0 Å². The molecule has 1 aromatic rings. The molecule has 0 radical (unpaired) electrons. The Balaban J connectivity index is 1.57. The minimum absolute atomic E-state index is 0.0360. The molecular formula is C13H13FN2O2. The fourth-order valence-corrected chi connectivity index (χ4v) is 3.35. The summed E-state index contributed by atoms with van der Waals surface area (Å²) in [6.07, 6.45) is 9.41. The zero-order chi connectivity index (χ0) is 12.2. The molecule has 4 nitrogen and oxygen atoms in total. The molecule has 1 aromatic heterocycles. The van der Waals surface area contributed by atoms with Crippen LogP contribution in [0.15, 0.2) is 24.9 Å². The first-order valence-electron chi connectivity index (χ1n) is 6.21. The zero-order valence-corrected chi connectivity index (χ0v) is 9.80. The molecule has 0 amide bonds. The van der Waals surface area contributed by atoms with E-state index in [4.69, 9.17) is 9.47 Å². The molecule has 2 atom stereocenters. The van der Waals surface area contributed by atoms with Crippen molar-refractivity contribution in [3.05, 3.63) is 36.6 Å². The van der Waals surface area contributed by atoms with Gasteiger partial charge in [0.25, 0.3) is 0 Å². The van der Waals surface area contributed by atoms with Crippen molar-refractivity contribution in [1.82, 2.24) is 9.97 Å². The van der Waals surface area contributed by atoms with Gasteiger partial charge in [0.15, 0.2) is 5.82 Å². The predicted molar refractivity (Wildman–Crippen MR) is 59.7 cm³/mol. The maximum Gasteiger partial charge on any atom is 0.250 e. The van der Waals surface area contributed by atoms with Gasteiger partial charge in [0.05, 0.1) is 12.4 Å². The van der Waals surface area contributed by atoms with Gasteiger partial charge in [-0.15, -0.1) is 0 Å². The summed E-state index contributed by atoms with van der Waals surface area (Å²) in [5.74, 6) is 0.419. The Labute approximate surface area is 104 Å². The van der Waals surface area contributed by atoms with Gasteiger partial charge < -0.3 is 9.47 Å². The first kappa shape index (κ1) is 10.3. The van der Waals surface area contributed by atoms with Crippen molar-refractivity contribution in [2.45, 2.75) is 36.9 Å². The predicted octanol–water partition coefficient (Wildman–Crippen LogP) is 2.27. The largest absolute Gasteiger partial charge is 0.457 e. The minimum atomic E-state index is -0.454. The highest BCUT2D eigenvalue weighted by Gasteiger charge is 2.64. The summed E-state index contributed by atoms with van der Waals surface area (Å²) in [5.41, 5.74) is 0.0360. The van der Waals surface area contributed by atoms with Crippen molar-refractivity contribution in [2.75, 3.05) is 0 Å². The monoisotopic (exact) mass is 248 g/mol. The summed E-state index contributed by atoms with van der Waals surface area (Å²) >= 11 is 0. The summed E-state index contributed by atoms with van der Waals surface area (Å²) in [5, 5.41) is 0. The quantitative estimate of drug-likeness (QED) is 0.764. The number of aromatic nitrogens is 2. The van der Waals surface area contributed by atoms with E-state index in [9.17, 15) is 4.39 Å². The number of fused-ring (bicyclic) bond motifs is 1. The lowest BCUT2D eigenvalue weighted by molar-refractivity contribution is -0.166. The van der Waals surface area contributed by atoms with E-state index < -0.39 is 5.79 Å². The average Bonchev–Trinajstić information content (AvgIpc) is 2.93. The van der Waals surface area contributed by atoms with Crippen LogP contribution in [0.25, 0.3) is 0 Å². The highest BCUT2D eigenvalue weighted by atomic mass is 19.1. The van der Waals surface area contributed by atoms with Crippen LogP contribution < -0.4 is 0 Å². The summed E-state index contributed by atoms with van der Waals surface area (Å²) in [4.78, 5) is 8.29. The second-order valence-corrected chi connectivity index (χ2v) is 5.40. The Kier molecular flexibility index (Phi) is 1.84. The molecule has 0 saturated heterocycles. The Morgan fingerprint density at radius 2 is 1.83 bits per heavy atom. The summed E-state index contributed by atoms with van der Waals surface area (Å²) < 4.78 is 24.0. The molecule has 2 fully saturated rings. The van der Waals surface area contributed by atoms with E-state index in [1.807, 2.05) is 0 Å². The first-order valence-corrected chi connectivity index (χ1v) is 6.21. The van der Waals surface area contributed by atoms with Crippen molar-refractivity contribution >= 4 is 0 Å². The maximum absolute atomic E-state index is 12.9. The van der Waals surface area contributed by atoms with Crippen LogP contribution >= 0.6 is 0 Å². The maximum atomic E-state index is 12.9. The Bertz CT molecular complexity index is 508. The molecule has 0 bridgehead atoms. The average molecular weight is 248 g/mol. The Hall–Kier alpha value is -1.65. The van der Waals surface area contributed by atoms with E-state index in [1.54, 1.807) is 12.5 Å². The number of halogens is 1. The van der Waals surface area contributed by atoms with E-state index >= 15 is 0 Å². The van der Waals surface area contributed by atoms with Gasteiger partial charge in [-0.2, -0.15) is 0 Å². The number of hydrogen-bond acceptors (Lipinski definition) is 4. The zero-order valence-electron chi connectivity index (χ0n) is 9.80. The molecule has 18 heavy (non-hydrogen) atoms. The summed E-state index contributed by atoms with van der Waals surface area (Å²) in [6, 6.07) is 0. The highest BCUT2D eigenvalue weighted by Crippen LogP contribution is 2.64.